The van der Waals surface area contributed by atoms with Crippen LogP contribution in [-0.4, -0.2) is 0 Å². The SMILES string of the molecule is [2H]c1c([2H])c([2H])c(-c2cc3ccccc3c3sc4ccc(N(c5ccccc5)c5ccc(-c6c([2H])c([2H])c7c([2H])c([2H])c([2H])c([2H])c7c6[2H])cc5)cc4c23)c([2H])c1[2H]. The summed E-state index contributed by atoms with van der Waals surface area (Å²) in [5, 5.41) is 3.21. The van der Waals surface area contributed by atoms with Crippen molar-refractivity contribution in [2.24, 2.45) is 0 Å². The van der Waals surface area contributed by atoms with E-state index in [0.717, 1.165) is 48.0 Å². The number of nitrogens with zero attached hydrogens (tertiary/aromatic N) is 1. The Morgan fingerprint density at radius 2 is 1.20 bits per heavy atom. The molecule has 1 aromatic heterocycles. The molecule has 0 N–H and O–H groups in total. The number of fused-ring (bicyclic) bond motifs is 6. The fraction of sp³-hybridized carbons (Fsp3) is 0. The van der Waals surface area contributed by atoms with E-state index in [-0.39, 0.29) is 52.1 Å². The summed E-state index contributed by atoms with van der Waals surface area (Å²) in [5.41, 5.74) is 3.49. The fourth-order valence-corrected chi connectivity index (χ4v) is 7.29. The van der Waals surface area contributed by atoms with Crippen molar-refractivity contribution in [3.63, 3.8) is 0 Å². The standard InChI is InChI=1S/C44H29NS/c1-3-12-32(13-4-1)40-28-35-15-9-10-18-39(35)44-43(40)41-29-38(25-26-42(41)46-44)45(36-16-5-2-6-17-36)37-23-21-31(22-24-37)34-20-19-30-11-7-8-14-33(30)27-34/h1-29H/i1D,3D,4D,7D,8D,11D,12D,13D,14D,19D,20D,27D. The smallest absolute Gasteiger partial charge is 0.0636 e. The van der Waals surface area contributed by atoms with E-state index in [1.54, 1.807) is 23.5 Å². The number of hydrogen-bond donors (Lipinski definition) is 0. The van der Waals surface area contributed by atoms with Gasteiger partial charge in [-0.25, -0.2) is 0 Å². The van der Waals surface area contributed by atoms with Crippen LogP contribution in [0.3, 0.4) is 0 Å². The molecule has 0 bridgehead atoms. The quantitative estimate of drug-likeness (QED) is 0.186. The average Bonchev–Trinajstić information content (AvgIpc) is 3.62. The van der Waals surface area contributed by atoms with Gasteiger partial charge >= 0.3 is 0 Å². The maximum absolute atomic E-state index is 9.03. The molecule has 0 amide bonds. The van der Waals surface area contributed by atoms with E-state index >= 15 is 0 Å². The average molecular weight is 616 g/mol. The first kappa shape index (κ1) is 17.1. The molecule has 0 spiro atoms. The van der Waals surface area contributed by atoms with Crippen molar-refractivity contribution in [1.82, 2.24) is 0 Å². The Kier molecular flexibility index (Phi) is 4.10. The van der Waals surface area contributed by atoms with Crippen LogP contribution in [-0.2, 0) is 0 Å². The summed E-state index contributed by atoms with van der Waals surface area (Å²) in [6.07, 6.45) is 0. The molecule has 216 valence electrons. The van der Waals surface area contributed by atoms with Gasteiger partial charge in [-0.3, -0.25) is 0 Å². The molecule has 46 heavy (non-hydrogen) atoms. The van der Waals surface area contributed by atoms with Gasteiger partial charge < -0.3 is 4.90 Å². The number of rotatable bonds is 5. The van der Waals surface area contributed by atoms with Gasteiger partial charge in [0.2, 0.25) is 0 Å². The van der Waals surface area contributed by atoms with E-state index in [1.807, 2.05) is 95.9 Å². The van der Waals surface area contributed by atoms with Crippen LogP contribution in [0.4, 0.5) is 17.1 Å². The summed E-state index contributed by atoms with van der Waals surface area (Å²) in [7, 11) is 0. The number of hydrogen-bond acceptors (Lipinski definition) is 2. The van der Waals surface area contributed by atoms with Crippen LogP contribution < -0.4 is 4.90 Å². The molecule has 0 aliphatic carbocycles. The van der Waals surface area contributed by atoms with Crippen molar-refractivity contribution in [2.75, 3.05) is 4.90 Å². The maximum atomic E-state index is 9.03. The van der Waals surface area contributed by atoms with E-state index in [4.69, 9.17) is 16.4 Å². The van der Waals surface area contributed by atoms with Crippen molar-refractivity contribution < 1.29 is 16.4 Å². The lowest BCUT2D eigenvalue weighted by atomic mass is 9.95. The third-order valence-electron chi connectivity index (χ3n) is 8.15. The molecule has 0 unspecified atom stereocenters. The minimum atomic E-state index is -0.518. The van der Waals surface area contributed by atoms with Gasteiger partial charge in [-0.15, -0.1) is 11.3 Å². The Hall–Kier alpha value is -5.70. The monoisotopic (exact) mass is 615 g/mol. The first-order valence-electron chi connectivity index (χ1n) is 20.7. The second kappa shape index (κ2) is 11.0. The minimum Gasteiger partial charge on any atom is -0.310 e. The van der Waals surface area contributed by atoms with Gasteiger partial charge in [-0.05, 0) is 98.4 Å². The van der Waals surface area contributed by atoms with Crippen LogP contribution >= 0.6 is 11.3 Å². The highest BCUT2D eigenvalue weighted by Crippen LogP contribution is 2.46. The number of para-hydroxylation sites is 1. The lowest BCUT2D eigenvalue weighted by molar-refractivity contribution is 1.29. The van der Waals surface area contributed by atoms with E-state index in [9.17, 15) is 0 Å². The summed E-state index contributed by atoms with van der Waals surface area (Å²) in [5.74, 6) is 0. The number of benzene rings is 8. The van der Waals surface area contributed by atoms with Crippen LogP contribution in [0.5, 0.6) is 0 Å². The second-order valence-corrected chi connectivity index (χ2v) is 11.9. The van der Waals surface area contributed by atoms with E-state index in [1.165, 1.54) is 0 Å². The van der Waals surface area contributed by atoms with Gasteiger partial charge in [0.25, 0.3) is 0 Å². The molecule has 2 heteroatoms. The zero-order chi connectivity index (χ0) is 40.9. The van der Waals surface area contributed by atoms with Gasteiger partial charge in [0.05, 0.1) is 16.4 Å². The Labute approximate surface area is 289 Å². The summed E-state index contributed by atoms with van der Waals surface area (Å²) in [4.78, 5) is 2.04. The maximum Gasteiger partial charge on any atom is 0.0636 e. The minimum absolute atomic E-state index is 0.0823. The topological polar surface area (TPSA) is 3.24 Å². The molecule has 0 aliphatic heterocycles. The van der Waals surface area contributed by atoms with E-state index in [0.29, 0.717) is 11.1 Å². The number of thiophene rings is 1. The van der Waals surface area contributed by atoms with Gasteiger partial charge in [-0.2, -0.15) is 0 Å². The van der Waals surface area contributed by atoms with Crippen molar-refractivity contribution in [3.05, 3.63) is 176 Å². The highest BCUT2D eigenvalue weighted by atomic mass is 32.1. The molecule has 1 nitrogen and oxygen atoms in total. The largest absolute Gasteiger partial charge is 0.310 e. The zero-order valence-electron chi connectivity index (χ0n) is 36.2. The second-order valence-electron chi connectivity index (χ2n) is 10.8. The molecule has 9 aromatic rings. The first-order chi connectivity index (χ1) is 27.8. The van der Waals surface area contributed by atoms with Crippen molar-refractivity contribution >= 4 is 70.1 Å². The van der Waals surface area contributed by atoms with Gasteiger partial charge in [-0.1, -0.05) is 121 Å². The lowest BCUT2D eigenvalue weighted by Gasteiger charge is -2.26. The Balaban J connectivity index is 1.26. The molecule has 0 radical (unpaired) electrons. The molecule has 0 saturated carbocycles. The fourth-order valence-electron chi connectivity index (χ4n) is 6.05. The van der Waals surface area contributed by atoms with Gasteiger partial charge in [0.1, 0.15) is 0 Å². The summed E-state index contributed by atoms with van der Waals surface area (Å²) in [6.45, 7) is 0. The molecule has 0 aliphatic rings. The third kappa shape index (κ3) is 4.54. The summed E-state index contributed by atoms with van der Waals surface area (Å²) >= 11 is 1.57. The first-order valence-corrected chi connectivity index (χ1v) is 15.5. The van der Waals surface area contributed by atoms with Crippen LogP contribution in [0.1, 0.15) is 16.4 Å². The summed E-state index contributed by atoms with van der Waals surface area (Å²) in [6, 6.07) is 27.9. The Morgan fingerprint density at radius 3 is 2.04 bits per heavy atom. The molecule has 8 aromatic carbocycles. The van der Waals surface area contributed by atoms with Crippen molar-refractivity contribution in [1.29, 1.82) is 0 Å². The van der Waals surface area contributed by atoms with Crippen molar-refractivity contribution in [2.45, 2.75) is 0 Å². The van der Waals surface area contributed by atoms with Crippen LogP contribution in [0.15, 0.2) is 176 Å². The summed E-state index contributed by atoms with van der Waals surface area (Å²) < 4.78 is 105. The highest BCUT2D eigenvalue weighted by molar-refractivity contribution is 7.26. The van der Waals surface area contributed by atoms with E-state index in [2.05, 4.69) is 0 Å². The molecule has 0 saturated heterocycles. The third-order valence-corrected chi connectivity index (χ3v) is 9.36. The van der Waals surface area contributed by atoms with Gasteiger partial charge in [0.15, 0.2) is 0 Å². The predicted molar refractivity (Wildman–Crippen MR) is 200 cm³/mol. The highest BCUT2D eigenvalue weighted by Gasteiger charge is 2.18. The predicted octanol–water partition coefficient (Wildman–Crippen LogP) is 13.2. The number of anilines is 3. The Morgan fingerprint density at radius 1 is 0.478 bits per heavy atom. The molecular weight excluding hydrogens is 575 g/mol. The Bertz CT molecular complexity index is 3170. The molecule has 0 atom stereocenters. The molecule has 9 rings (SSSR count). The zero-order valence-corrected chi connectivity index (χ0v) is 25.0. The van der Waals surface area contributed by atoms with Crippen LogP contribution in [0.25, 0.3) is 64.0 Å². The van der Waals surface area contributed by atoms with Crippen molar-refractivity contribution in [3.8, 4) is 22.3 Å². The van der Waals surface area contributed by atoms with Gasteiger partial charge in [0, 0.05) is 37.2 Å². The lowest BCUT2D eigenvalue weighted by Crippen LogP contribution is -2.09. The van der Waals surface area contributed by atoms with Crippen LogP contribution in [0, 0.1) is 0 Å². The normalized spacial score (nSPS) is 15.1. The molecule has 0 fully saturated rings. The van der Waals surface area contributed by atoms with Crippen LogP contribution in [0.2, 0.25) is 0 Å². The van der Waals surface area contributed by atoms with E-state index < -0.39 is 42.3 Å². The molecule has 1 heterocycles. The molecular formula is C44H29NS.